The van der Waals surface area contributed by atoms with Gasteiger partial charge in [-0.1, -0.05) is 11.6 Å². The van der Waals surface area contributed by atoms with Gasteiger partial charge in [-0.15, -0.1) is 12.3 Å². The molecule has 0 aliphatic rings. The first-order chi connectivity index (χ1) is 7.88. The van der Waals surface area contributed by atoms with Crippen LogP contribution in [0, 0.1) is 12.3 Å². The van der Waals surface area contributed by atoms with Crippen molar-refractivity contribution in [1.29, 1.82) is 0 Å². The lowest BCUT2D eigenvalue weighted by molar-refractivity contribution is 0.0697. The molecule has 0 fully saturated rings. The van der Waals surface area contributed by atoms with Gasteiger partial charge in [-0.05, 0) is 18.2 Å². The number of halogens is 1. The van der Waals surface area contributed by atoms with E-state index in [0.29, 0.717) is 0 Å². The number of carbonyl (C=O) groups is 1. The van der Waals surface area contributed by atoms with Crippen LogP contribution in [0.4, 0.5) is 0 Å². The second-order valence-corrected chi connectivity index (χ2v) is 5.74. The second kappa shape index (κ2) is 5.21. The van der Waals surface area contributed by atoms with Crippen LogP contribution in [0.1, 0.15) is 16.8 Å². The van der Waals surface area contributed by atoms with Gasteiger partial charge in [0.15, 0.2) is 9.84 Å². The molecule has 0 aliphatic carbocycles. The zero-order valence-electron chi connectivity index (χ0n) is 8.68. The normalized spacial score (nSPS) is 10.8. The summed E-state index contributed by atoms with van der Waals surface area (Å²) in [6.07, 6.45) is 5.06. The third-order valence-electron chi connectivity index (χ3n) is 2.04. The Hall–Kier alpha value is -1.51. The van der Waals surface area contributed by atoms with E-state index in [4.69, 9.17) is 23.1 Å². The van der Waals surface area contributed by atoms with E-state index in [9.17, 15) is 13.2 Å². The molecule has 1 aromatic rings. The lowest BCUT2D eigenvalue weighted by atomic mass is 10.2. The van der Waals surface area contributed by atoms with E-state index < -0.39 is 15.8 Å². The first kappa shape index (κ1) is 13.6. The van der Waals surface area contributed by atoms with Crippen molar-refractivity contribution in [2.45, 2.75) is 11.3 Å². The molecule has 0 atom stereocenters. The number of sulfone groups is 1. The minimum atomic E-state index is -3.56. The molecule has 1 rings (SSSR count). The highest BCUT2D eigenvalue weighted by Crippen LogP contribution is 2.21. The molecule has 17 heavy (non-hydrogen) atoms. The fourth-order valence-electron chi connectivity index (χ4n) is 1.17. The maximum absolute atomic E-state index is 11.7. The summed E-state index contributed by atoms with van der Waals surface area (Å²) >= 11 is 5.64. The number of aromatic carboxylic acids is 1. The van der Waals surface area contributed by atoms with Crippen molar-refractivity contribution in [1.82, 2.24) is 0 Å². The predicted octanol–water partition coefficient (Wildman–Crippen LogP) is 1.84. The molecule has 0 spiro atoms. The molecule has 0 bridgehead atoms. The third-order valence-corrected chi connectivity index (χ3v) is 4.09. The number of terminal acetylenes is 1. The van der Waals surface area contributed by atoms with Crippen LogP contribution in [0.5, 0.6) is 0 Å². The largest absolute Gasteiger partial charge is 0.478 e. The zero-order chi connectivity index (χ0) is 13.1. The highest BCUT2D eigenvalue weighted by atomic mass is 35.5. The zero-order valence-corrected chi connectivity index (χ0v) is 10.3. The Balaban J connectivity index is 3.21. The van der Waals surface area contributed by atoms with Crippen molar-refractivity contribution >= 4 is 27.4 Å². The van der Waals surface area contributed by atoms with Crippen molar-refractivity contribution in [3.05, 3.63) is 28.8 Å². The molecule has 6 heteroatoms. The van der Waals surface area contributed by atoms with Crippen LogP contribution in [0.25, 0.3) is 0 Å². The Bertz CT molecular complexity index is 584. The van der Waals surface area contributed by atoms with Crippen LogP contribution in [-0.2, 0) is 9.84 Å². The molecule has 0 aromatic heterocycles. The molecular formula is C11H9ClO4S. The average molecular weight is 273 g/mol. The Kier molecular flexibility index (Phi) is 4.16. The molecule has 0 amide bonds. The molecule has 4 nitrogen and oxygen atoms in total. The van der Waals surface area contributed by atoms with E-state index in [1.54, 1.807) is 0 Å². The highest BCUT2D eigenvalue weighted by Gasteiger charge is 2.17. The molecule has 0 saturated carbocycles. The van der Waals surface area contributed by atoms with Gasteiger partial charge in [-0.3, -0.25) is 0 Å². The van der Waals surface area contributed by atoms with Crippen molar-refractivity contribution < 1.29 is 18.3 Å². The summed E-state index contributed by atoms with van der Waals surface area (Å²) < 4.78 is 23.5. The third kappa shape index (κ3) is 3.22. The van der Waals surface area contributed by atoms with Crippen LogP contribution >= 0.6 is 11.6 Å². The minimum Gasteiger partial charge on any atom is -0.478 e. The fraction of sp³-hybridized carbons (Fsp3) is 0.182. The monoisotopic (exact) mass is 272 g/mol. The predicted molar refractivity (Wildman–Crippen MR) is 63.9 cm³/mol. The molecule has 0 heterocycles. The van der Waals surface area contributed by atoms with Crippen LogP contribution in [0.2, 0.25) is 5.02 Å². The van der Waals surface area contributed by atoms with Crippen LogP contribution in [-0.4, -0.2) is 25.2 Å². The van der Waals surface area contributed by atoms with Gasteiger partial charge in [0.1, 0.15) is 0 Å². The van der Waals surface area contributed by atoms with Gasteiger partial charge < -0.3 is 5.11 Å². The van der Waals surface area contributed by atoms with Gasteiger partial charge in [0, 0.05) is 6.42 Å². The first-order valence-electron chi connectivity index (χ1n) is 4.57. The Labute approximate surface area is 104 Å². The smallest absolute Gasteiger partial charge is 0.337 e. The number of carboxylic acid groups (broad SMARTS) is 1. The van der Waals surface area contributed by atoms with Gasteiger partial charge in [0.05, 0.1) is 21.2 Å². The SMILES string of the molecule is C#CCCS(=O)(=O)c1ccc(Cl)c(C(=O)O)c1. The van der Waals surface area contributed by atoms with E-state index in [1.807, 2.05) is 0 Å². The molecule has 90 valence electrons. The summed E-state index contributed by atoms with van der Waals surface area (Å²) in [6.45, 7) is 0. The number of hydrogen-bond acceptors (Lipinski definition) is 3. The molecule has 0 unspecified atom stereocenters. The Morgan fingerprint density at radius 3 is 2.65 bits per heavy atom. The summed E-state index contributed by atoms with van der Waals surface area (Å²) in [5.41, 5.74) is -0.242. The van der Waals surface area contributed by atoms with Gasteiger partial charge >= 0.3 is 5.97 Å². The molecule has 1 aromatic carbocycles. The average Bonchev–Trinajstić information content (AvgIpc) is 2.26. The van der Waals surface area contributed by atoms with Gasteiger partial charge in [-0.25, -0.2) is 13.2 Å². The van der Waals surface area contributed by atoms with Crippen molar-refractivity contribution in [3.8, 4) is 12.3 Å². The number of benzene rings is 1. The van der Waals surface area contributed by atoms with Crippen LogP contribution in [0.15, 0.2) is 23.1 Å². The van der Waals surface area contributed by atoms with Gasteiger partial charge in [0.25, 0.3) is 0 Å². The Morgan fingerprint density at radius 2 is 2.12 bits per heavy atom. The summed E-state index contributed by atoms with van der Waals surface area (Å²) in [5, 5.41) is 8.81. The van der Waals surface area contributed by atoms with Crippen LogP contribution in [0.3, 0.4) is 0 Å². The summed E-state index contributed by atoms with van der Waals surface area (Å²) in [6, 6.07) is 3.55. The van der Waals surface area contributed by atoms with Crippen LogP contribution < -0.4 is 0 Å². The second-order valence-electron chi connectivity index (χ2n) is 3.22. The first-order valence-corrected chi connectivity index (χ1v) is 6.60. The topological polar surface area (TPSA) is 71.4 Å². The van der Waals surface area contributed by atoms with E-state index in [1.165, 1.54) is 12.1 Å². The van der Waals surface area contributed by atoms with Crippen molar-refractivity contribution in [2.75, 3.05) is 5.75 Å². The Morgan fingerprint density at radius 1 is 1.47 bits per heavy atom. The summed E-state index contributed by atoms with van der Waals surface area (Å²) in [7, 11) is -3.56. The summed E-state index contributed by atoms with van der Waals surface area (Å²) in [4.78, 5) is 10.7. The fourth-order valence-corrected chi connectivity index (χ4v) is 2.57. The number of hydrogen-bond donors (Lipinski definition) is 1. The van der Waals surface area contributed by atoms with E-state index in [0.717, 1.165) is 6.07 Å². The number of rotatable bonds is 4. The van der Waals surface area contributed by atoms with Gasteiger partial charge in [-0.2, -0.15) is 0 Å². The highest BCUT2D eigenvalue weighted by molar-refractivity contribution is 7.91. The molecular weight excluding hydrogens is 264 g/mol. The minimum absolute atomic E-state index is 0.00611. The van der Waals surface area contributed by atoms with Crippen molar-refractivity contribution in [2.24, 2.45) is 0 Å². The van der Waals surface area contributed by atoms with Crippen molar-refractivity contribution in [3.63, 3.8) is 0 Å². The maximum atomic E-state index is 11.7. The van der Waals surface area contributed by atoms with E-state index in [2.05, 4.69) is 5.92 Å². The quantitative estimate of drug-likeness (QED) is 0.849. The van der Waals surface area contributed by atoms with Gasteiger partial charge in [0.2, 0.25) is 0 Å². The molecule has 0 saturated heterocycles. The van der Waals surface area contributed by atoms with E-state index >= 15 is 0 Å². The standard InChI is InChI=1S/C11H9ClO4S/c1-2-3-6-17(15,16)8-4-5-10(12)9(7-8)11(13)14/h1,4-5,7H,3,6H2,(H,13,14). The molecule has 0 radical (unpaired) electrons. The molecule has 0 aliphatic heterocycles. The number of carboxylic acids is 1. The lowest BCUT2D eigenvalue weighted by Crippen LogP contribution is -2.08. The summed E-state index contributed by atoms with van der Waals surface area (Å²) in [5.74, 6) is 0.729. The maximum Gasteiger partial charge on any atom is 0.337 e. The van der Waals surface area contributed by atoms with E-state index in [-0.39, 0.29) is 27.7 Å². The molecule has 1 N–H and O–H groups in total. The lowest BCUT2D eigenvalue weighted by Gasteiger charge is -2.05.